The fourth-order valence-electron chi connectivity index (χ4n) is 1.64. The predicted molar refractivity (Wildman–Crippen MR) is 44.2 cm³/mol. The zero-order valence-corrected chi connectivity index (χ0v) is 11.7. The first-order chi connectivity index (χ1) is 5.38. The van der Waals surface area contributed by atoms with Crippen molar-refractivity contribution in [2.24, 2.45) is 0 Å². The average Bonchev–Trinajstić information content (AvgIpc) is 2.06. The molecule has 0 fully saturated rings. The number of pyridine rings is 1. The van der Waals surface area contributed by atoms with Crippen molar-refractivity contribution in [2.45, 2.75) is 25.3 Å². The van der Waals surface area contributed by atoms with Crippen LogP contribution in [0, 0.1) is 44.1 Å². The second kappa shape index (κ2) is 4.69. The van der Waals surface area contributed by atoms with Gasteiger partial charge in [-0.3, -0.25) is 4.98 Å². The summed E-state index contributed by atoms with van der Waals surface area (Å²) >= 11 is 0. The predicted octanol–water partition coefficient (Wildman–Crippen LogP) is 2.51. The van der Waals surface area contributed by atoms with Gasteiger partial charge in [0.05, 0.1) is 0 Å². The Morgan fingerprint density at radius 3 is 3.08 bits per heavy atom. The largest absolute Gasteiger partial charge is 0.671 e. The molecule has 0 saturated heterocycles. The third-order valence-electron chi connectivity index (χ3n) is 2.26. The van der Waals surface area contributed by atoms with E-state index in [0.29, 0.717) is 0 Å². The quantitative estimate of drug-likeness (QED) is 0.688. The Balaban J connectivity index is 0.000000720. The second-order valence-corrected chi connectivity index (χ2v) is 3.02. The summed E-state index contributed by atoms with van der Waals surface area (Å²) in [6.07, 6.45) is 6.95. The smallest absolute Gasteiger partial charge is 0.0302 e. The standard InChI is InChI=1S/C9H11N2.Ac/c10-9-3-1-2-7-6-11-5-4-8(7)9;/h4-6,9-10H,1-3H2;/q-1;/t9-;/m1./s1. The van der Waals surface area contributed by atoms with E-state index in [9.17, 15) is 0 Å². The molecule has 1 aliphatic rings. The molecule has 1 radical (unpaired) electrons. The zero-order chi connectivity index (χ0) is 7.68. The van der Waals surface area contributed by atoms with Gasteiger partial charge in [0.15, 0.2) is 0 Å². The van der Waals surface area contributed by atoms with Crippen LogP contribution in [0.15, 0.2) is 18.5 Å². The third-order valence-corrected chi connectivity index (χ3v) is 2.26. The summed E-state index contributed by atoms with van der Waals surface area (Å²) in [6.45, 7) is 0. The maximum absolute atomic E-state index is 7.73. The molecular formula is C9H11AcN2-. The minimum Gasteiger partial charge on any atom is -0.671 e. The topological polar surface area (TPSA) is 36.7 Å². The molecule has 1 aromatic heterocycles. The van der Waals surface area contributed by atoms with Gasteiger partial charge >= 0.3 is 0 Å². The van der Waals surface area contributed by atoms with E-state index in [2.05, 4.69) is 4.98 Å². The summed E-state index contributed by atoms with van der Waals surface area (Å²) in [4.78, 5) is 4.05. The van der Waals surface area contributed by atoms with Gasteiger partial charge in [-0.1, -0.05) is 18.4 Å². The Kier molecular flexibility index (Phi) is 4.16. The van der Waals surface area contributed by atoms with Gasteiger partial charge < -0.3 is 5.73 Å². The summed E-state index contributed by atoms with van der Waals surface area (Å²) in [6, 6.07) is 1.98. The number of aryl methyl sites for hydroxylation is 1. The van der Waals surface area contributed by atoms with Gasteiger partial charge in [-0.05, 0) is 18.1 Å². The Hall–Kier alpha value is 0.552. The average molecular weight is 374 g/mol. The molecule has 2 nitrogen and oxygen atoms in total. The molecule has 0 aliphatic heterocycles. The maximum atomic E-state index is 7.73. The molecule has 61 valence electrons. The van der Waals surface area contributed by atoms with E-state index in [-0.39, 0.29) is 50.1 Å². The van der Waals surface area contributed by atoms with Crippen LogP contribution in [0.2, 0.25) is 0 Å². The molecule has 3 heteroatoms. The van der Waals surface area contributed by atoms with E-state index in [0.717, 1.165) is 19.3 Å². The van der Waals surface area contributed by atoms with Crippen molar-refractivity contribution in [3.63, 3.8) is 0 Å². The van der Waals surface area contributed by atoms with Crippen LogP contribution in [0.1, 0.15) is 30.0 Å². The first-order valence-corrected chi connectivity index (χ1v) is 4.02. The van der Waals surface area contributed by atoms with Crippen LogP contribution in [-0.2, 0) is 6.42 Å². The van der Waals surface area contributed by atoms with E-state index in [1.807, 2.05) is 12.3 Å². The molecule has 0 spiro atoms. The normalized spacial score (nSPS) is 20.9. The van der Waals surface area contributed by atoms with Crippen LogP contribution in [0.25, 0.3) is 5.73 Å². The van der Waals surface area contributed by atoms with Crippen LogP contribution < -0.4 is 0 Å². The van der Waals surface area contributed by atoms with Gasteiger partial charge in [0.1, 0.15) is 0 Å². The molecule has 1 heterocycles. The Morgan fingerprint density at radius 2 is 2.33 bits per heavy atom. The van der Waals surface area contributed by atoms with Gasteiger partial charge in [-0.15, -0.1) is 6.04 Å². The minimum absolute atomic E-state index is 0. The fraction of sp³-hybridized carbons (Fsp3) is 0.444. The zero-order valence-electron chi connectivity index (χ0n) is 6.96. The minimum atomic E-state index is 0. The summed E-state index contributed by atoms with van der Waals surface area (Å²) in [7, 11) is 0. The van der Waals surface area contributed by atoms with E-state index < -0.39 is 0 Å². The van der Waals surface area contributed by atoms with Crippen LogP contribution in [0.4, 0.5) is 0 Å². The molecule has 0 saturated carbocycles. The van der Waals surface area contributed by atoms with Crippen molar-refractivity contribution < 1.29 is 44.1 Å². The number of aromatic nitrogens is 1. The Bertz CT molecular complexity index is 262. The van der Waals surface area contributed by atoms with Gasteiger partial charge in [-0.25, -0.2) is 0 Å². The Labute approximate surface area is 109 Å². The van der Waals surface area contributed by atoms with Crippen molar-refractivity contribution >= 4 is 0 Å². The number of rotatable bonds is 0. The van der Waals surface area contributed by atoms with Gasteiger partial charge in [-0.2, -0.15) is 0 Å². The number of nitrogens with one attached hydrogen (secondary N) is 1. The summed E-state index contributed by atoms with van der Waals surface area (Å²) in [5.41, 5.74) is 10.2. The molecular weight excluding hydrogens is 363 g/mol. The van der Waals surface area contributed by atoms with Crippen LogP contribution in [-0.4, -0.2) is 4.98 Å². The van der Waals surface area contributed by atoms with Crippen molar-refractivity contribution in [2.75, 3.05) is 0 Å². The van der Waals surface area contributed by atoms with E-state index >= 15 is 0 Å². The summed E-state index contributed by atoms with van der Waals surface area (Å²) in [5.74, 6) is 0. The third kappa shape index (κ3) is 2.07. The molecule has 0 aromatic carbocycles. The fourth-order valence-corrected chi connectivity index (χ4v) is 1.64. The van der Waals surface area contributed by atoms with E-state index in [4.69, 9.17) is 5.73 Å². The van der Waals surface area contributed by atoms with Crippen molar-refractivity contribution in [1.29, 1.82) is 0 Å². The first-order valence-electron chi connectivity index (χ1n) is 4.02. The number of hydrogen-bond acceptors (Lipinski definition) is 1. The van der Waals surface area contributed by atoms with Gasteiger partial charge in [0.25, 0.3) is 0 Å². The van der Waals surface area contributed by atoms with Gasteiger partial charge in [0.2, 0.25) is 0 Å². The van der Waals surface area contributed by atoms with Crippen LogP contribution in [0.3, 0.4) is 0 Å². The molecule has 1 aliphatic carbocycles. The monoisotopic (exact) mass is 374 g/mol. The van der Waals surface area contributed by atoms with E-state index in [1.165, 1.54) is 11.1 Å². The molecule has 2 rings (SSSR count). The molecule has 1 aromatic rings. The van der Waals surface area contributed by atoms with Crippen LogP contribution in [0.5, 0.6) is 0 Å². The maximum Gasteiger partial charge on any atom is 0.0302 e. The number of hydrogen-bond donors (Lipinski definition) is 0. The molecule has 12 heavy (non-hydrogen) atoms. The SMILES string of the molecule is [Ac].[NH-][C@@H]1CCCc2cnccc21. The molecule has 0 bridgehead atoms. The number of nitrogens with zero attached hydrogens (tertiary/aromatic N) is 1. The first kappa shape index (κ1) is 10.6. The van der Waals surface area contributed by atoms with E-state index in [1.54, 1.807) is 6.20 Å². The van der Waals surface area contributed by atoms with Crippen molar-refractivity contribution in [3.05, 3.63) is 35.3 Å². The van der Waals surface area contributed by atoms with Crippen molar-refractivity contribution in [3.8, 4) is 0 Å². The number of fused-ring (bicyclic) bond motifs is 1. The molecule has 1 N–H and O–H groups in total. The van der Waals surface area contributed by atoms with Crippen molar-refractivity contribution in [1.82, 2.24) is 4.98 Å². The summed E-state index contributed by atoms with van der Waals surface area (Å²) in [5, 5.41) is 0. The second-order valence-electron chi connectivity index (χ2n) is 3.02. The van der Waals surface area contributed by atoms with Gasteiger partial charge in [0, 0.05) is 56.5 Å². The molecule has 1 atom stereocenters. The summed E-state index contributed by atoms with van der Waals surface area (Å²) < 4.78 is 0. The van der Waals surface area contributed by atoms with Crippen LogP contribution >= 0.6 is 0 Å². The Morgan fingerprint density at radius 1 is 1.50 bits per heavy atom. The molecule has 0 amide bonds. The molecule has 0 unspecified atom stereocenters.